The van der Waals surface area contributed by atoms with Crippen LogP contribution in [0.1, 0.15) is 50.6 Å². The molecule has 1 aromatic carbocycles. The molecule has 4 heteroatoms. The maximum atomic E-state index is 12.0. The van der Waals surface area contributed by atoms with Gasteiger partial charge in [-0.05, 0) is 25.8 Å². The van der Waals surface area contributed by atoms with Gasteiger partial charge in [-0.1, -0.05) is 37.5 Å². The monoisotopic (exact) mass is 290 g/mol. The molecular weight excluding hydrogens is 264 g/mol. The van der Waals surface area contributed by atoms with Crippen molar-refractivity contribution in [1.82, 2.24) is 10.6 Å². The predicted octanol–water partition coefficient (Wildman–Crippen LogP) is 2.79. The molecule has 116 valence electrons. The Kier molecular flexibility index (Phi) is 6.05. The van der Waals surface area contributed by atoms with Crippen LogP contribution in [0.5, 0.6) is 5.75 Å². The normalized spacial score (nSPS) is 17.2. The van der Waals surface area contributed by atoms with Crippen LogP contribution in [0.4, 0.5) is 0 Å². The van der Waals surface area contributed by atoms with Gasteiger partial charge in [-0.25, -0.2) is 0 Å². The number of benzene rings is 1. The van der Waals surface area contributed by atoms with E-state index in [-0.39, 0.29) is 11.9 Å². The Hall–Kier alpha value is -1.55. The number of rotatable bonds is 6. The summed E-state index contributed by atoms with van der Waals surface area (Å²) in [5.74, 6) is 0.939. The van der Waals surface area contributed by atoms with Gasteiger partial charge in [0.05, 0.1) is 13.7 Å². The minimum atomic E-state index is 0.0817. The third kappa shape index (κ3) is 4.74. The van der Waals surface area contributed by atoms with E-state index < -0.39 is 0 Å². The molecule has 0 radical (unpaired) electrons. The van der Waals surface area contributed by atoms with Gasteiger partial charge in [0.25, 0.3) is 0 Å². The van der Waals surface area contributed by atoms with Gasteiger partial charge in [-0.15, -0.1) is 0 Å². The number of carbonyl (C=O) groups is 1. The van der Waals surface area contributed by atoms with Crippen LogP contribution in [0.2, 0.25) is 0 Å². The van der Waals surface area contributed by atoms with E-state index in [1.165, 1.54) is 19.3 Å². The molecule has 4 nitrogen and oxygen atoms in total. The molecule has 1 aliphatic rings. The fourth-order valence-corrected chi connectivity index (χ4v) is 2.91. The molecular formula is C17H26N2O2. The molecule has 0 bridgehead atoms. The highest BCUT2D eigenvalue weighted by Crippen LogP contribution is 2.24. The maximum Gasteiger partial charge on any atom is 0.234 e. The van der Waals surface area contributed by atoms with Crippen molar-refractivity contribution < 1.29 is 9.53 Å². The van der Waals surface area contributed by atoms with Gasteiger partial charge >= 0.3 is 0 Å². The first kappa shape index (κ1) is 15.8. The van der Waals surface area contributed by atoms with Gasteiger partial charge in [0.1, 0.15) is 5.75 Å². The van der Waals surface area contributed by atoms with Crippen LogP contribution < -0.4 is 15.4 Å². The summed E-state index contributed by atoms with van der Waals surface area (Å²) in [6.45, 7) is 2.39. The molecule has 0 aromatic heterocycles. The summed E-state index contributed by atoms with van der Waals surface area (Å²) in [6, 6.07) is 8.35. The second kappa shape index (κ2) is 8.03. The summed E-state index contributed by atoms with van der Waals surface area (Å²) >= 11 is 0. The van der Waals surface area contributed by atoms with Gasteiger partial charge < -0.3 is 15.4 Å². The zero-order chi connectivity index (χ0) is 15.1. The van der Waals surface area contributed by atoms with E-state index >= 15 is 0 Å². The zero-order valence-electron chi connectivity index (χ0n) is 13.0. The van der Waals surface area contributed by atoms with E-state index in [0.717, 1.165) is 24.2 Å². The van der Waals surface area contributed by atoms with Crippen LogP contribution in [0.3, 0.4) is 0 Å². The Morgan fingerprint density at radius 3 is 2.71 bits per heavy atom. The van der Waals surface area contributed by atoms with Crippen molar-refractivity contribution in [2.75, 3.05) is 13.7 Å². The molecule has 1 aliphatic carbocycles. The summed E-state index contributed by atoms with van der Waals surface area (Å²) in [5.41, 5.74) is 1.07. The fourth-order valence-electron chi connectivity index (χ4n) is 2.91. The molecule has 0 unspecified atom stereocenters. The van der Waals surface area contributed by atoms with E-state index in [9.17, 15) is 4.79 Å². The molecule has 1 atom stereocenters. The molecule has 0 saturated heterocycles. The van der Waals surface area contributed by atoms with Gasteiger partial charge in [0, 0.05) is 17.6 Å². The number of hydrogen-bond acceptors (Lipinski definition) is 3. The SMILES string of the molecule is COc1ccccc1[C@H](C)NCC(=O)NC1CCCCC1. The number of amides is 1. The number of carbonyl (C=O) groups excluding carboxylic acids is 1. The Bertz CT molecular complexity index is 456. The Balaban J connectivity index is 1.80. The first-order valence-corrected chi connectivity index (χ1v) is 7.86. The quantitative estimate of drug-likeness (QED) is 0.847. The summed E-state index contributed by atoms with van der Waals surface area (Å²) in [4.78, 5) is 12.0. The molecule has 1 amide bonds. The van der Waals surface area contributed by atoms with Crippen molar-refractivity contribution in [3.05, 3.63) is 29.8 Å². The van der Waals surface area contributed by atoms with E-state index in [1.54, 1.807) is 7.11 Å². The van der Waals surface area contributed by atoms with Crippen LogP contribution in [0.25, 0.3) is 0 Å². The van der Waals surface area contributed by atoms with Crippen molar-refractivity contribution in [2.24, 2.45) is 0 Å². The van der Waals surface area contributed by atoms with Crippen LogP contribution in [-0.4, -0.2) is 25.6 Å². The van der Waals surface area contributed by atoms with E-state index in [1.807, 2.05) is 31.2 Å². The molecule has 1 aromatic rings. The lowest BCUT2D eigenvalue weighted by atomic mass is 9.95. The van der Waals surface area contributed by atoms with Gasteiger partial charge in [0.15, 0.2) is 0 Å². The lowest BCUT2D eigenvalue weighted by molar-refractivity contribution is -0.121. The summed E-state index contributed by atoms with van der Waals surface area (Å²) in [6.07, 6.45) is 6.00. The second-order valence-electron chi connectivity index (χ2n) is 5.75. The number of hydrogen-bond donors (Lipinski definition) is 2. The standard InChI is InChI=1S/C17H26N2O2/c1-13(15-10-6-7-11-16(15)21-2)18-12-17(20)19-14-8-4-3-5-9-14/h6-7,10-11,13-14,18H,3-5,8-9,12H2,1-2H3,(H,19,20)/t13-/m0/s1. The molecule has 0 spiro atoms. The summed E-state index contributed by atoms with van der Waals surface area (Å²) < 4.78 is 5.35. The predicted molar refractivity (Wildman–Crippen MR) is 84.4 cm³/mol. The molecule has 21 heavy (non-hydrogen) atoms. The van der Waals surface area contributed by atoms with Crippen molar-refractivity contribution in [3.8, 4) is 5.75 Å². The first-order chi connectivity index (χ1) is 10.2. The largest absolute Gasteiger partial charge is 0.496 e. The van der Waals surface area contributed by atoms with Crippen molar-refractivity contribution in [2.45, 2.75) is 51.1 Å². The smallest absolute Gasteiger partial charge is 0.234 e. The Labute approximate surface area is 127 Å². The maximum absolute atomic E-state index is 12.0. The number of methoxy groups -OCH3 is 1. The lowest BCUT2D eigenvalue weighted by Gasteiger charge is -2.23. The van der Waals surface area contributed by atoms with E-state index in [2.05, 4.69) is 10.6 Å². The zero-order valence-corrected chi connectivity index (χ0v) is 13.0. The van der Waals surface area contributed by atoms with Gasteiger partial charge in [0.2, 0.25) is 5.91 Å². The first-order valence-electron chi connectivity index (χ1n) is 7.86. The van der Waals surface area contributed by atoms with Crippen molar-refractivity contribution >= 4 is 5.91 Å². The number of para-hydroxylation sites is 1. The van der Waals surface area contributed by atoms with Crippen LogP contribution >= 0.6 is 0 Å². The third-order valence-electron chi connectivity index (χ3n) is 4.14. The van der Waals surface area contributed by atoms with Crippen LogP contribution in [0.15, 0.2) is 24.3 Å². The molecule has 1 saturated carbocycles. The van der Waals surface area contributed by atoms with Gasteiger partial charge in [-0.2, -0.15) is 0 Å². The number of ether oxygens (including phenoxy) is 1. The average molecular weight is 290 g/mol. The topological polar surface area (TPSA) is 50.4 Å². The van der Waals surface area contributed by atoms with Crippen LogP contribution in [0, 0.1) is 0 Å². The molecule has 2 rings (SSSR count). The van der Waals surface area contributed by atoms with Crippen molar-refractivity contribution in [3.63, 3.8) is 0 Å². The lowest BCUT2D eigenvalue weighted by Crippen LogP contribution is -2.41. The van der Waals surface area contributed by atoms with E-state index in [4.69, 9.17) is 4.74 Å². The third-order valence-corrected chi connectivity index (χ3v) is 4.14. The second-order valence-corrected chi connectivity index (χ2v) is 5.75. The average Bonchev–Trinajstić information content (AvgIpc) is 2.53. The Morgan fingerprint density at radius 1 is 1.29 bits per heavy atom. The highest BCUT2D eigenvalue weighted by Gasteiger charge is 2.16. The summed E-state index contributed by atoms with van der Waals surface area (Å²) in [5, 5.41) is 6.39. The molecule has 0 heterocycles. The minimum Gasteiger partial charge on any atom is -0.496 e. The fraction of sp³-hybridized carbons (Fsp3) is 0.588. The minimum absolute atomic E-state index is 0.0817. The van der Waals surface area contributed by atoms with Crippen LogP contribution in [-0.2, 0) is 4.79 Å². The summed E-state index contributed by atoms with van der Waals surface area (Å²) in [7, 11) is 1.67. The van der Waals surface area contributed by atoms with Gasteiger partial charge in [-0.3, -0.25) is 4.79 Å². The highest BCUT2D eigenvalue weighted by molar-refractivity contribution is 5.78. The van der Waals surface area contributed by atoms with E-state index in [0.29, 0.717) is 12.6 Å². The number of nitrogens with one attached hydrogen (secondary N) is 2. The van der Waals surface area contributed by atoms with Crippen molar-refractivity contribution in [1.29, 1.82) is 0 Å². The molecule has 2 N–H and O–H groups in total. The molecule has 0 aliphatic heterocycles. The highest BCUT2D eigenvalue weighted by atomic mass is 16.5. The Morgan fingerprint density at radius 2 is 2.00 bits per heavy atom. The molecule has 1 fully saturated rings.